The van der Waals surface area contributed by atoms with E-state index in [0.717, 1.165) is 11.2 Å². The van der Waals surface area contributed by atoms with Gasteiger partial charge in [0.1, 0.15) is 11.3 Å². The molecule has 3 aromatic rings. The standard InChI is InChI=1S/C13H9ClFN3/c1-18-5-4-11-13(18)16-7-12(17-11)9-3-2-8(15)6-10(9)14/h2-7H,1H3. The molecule has 0 aliphatic carbocycles. The van der Waals surface area contributed by atoms with Crippen molar-refractivity contribution in [2.75, 3.05) is 0 Å². The number of rotatable bonds is 1. The Morgan fingerprint density at radius 1 is 1.28 bits per heavy atom. The van der Waals surface area contributed by atoms with Crippen molar-refractivity contribution in [1.82, 2.24) is 14.5 Å². The summed E-state index contributed by atoms with van der Waals surface area (Å²) in [5, 5.41) is 0.333. The van der Waals surface area contributed by atoms with E-state index < -0.39 is 0 Å². The van der Waals surface area contributed by atoms with Gasteiger partial charge in [0.15, 0.2) is 5.65 Å². The van der Waals surface area contributed by atoms with Crippen LogP contribution in [0, 0.1) is 5.82 Å². The van der Waals surface area contributed by atoms with Crippen LogP contribution in [-0.4, -0.2) is 14.5 Å². The fourth-order valence-electron chi connectivity index (χ4n) is 1.86. The SMILES string of the molecule is Cn1ccc2nc(-c3ccc(F)cc3Cl)cnc21. The van der Waals surface area contributed by atoms with Gasteiger partial charge < -0.3 is 4.57 Å². The van der Waals surface area contributed by atoms with E-state index >= 15 is 0 Å². The maximum atomic E-state index is 13.0. The van der Waals surface area contributed by atoms with E-state index in [-0.39, 0.29) is 5.82 Å². The summed E-state index contributed by atoms with van der Waals surface area (Å²) in [5.74, 6) is -0.363. The summed E-state index contributed by atoms with van der Waals surface area (Å²) in [7, 11) is 1.90. The first-order chi connectivity index (χ1) is 8.65. The number of nitrogens with zero attached hydrogens (tertiary/aromatic N) is 3. The van der Waals surface area contributed by atoms with E-state index in [1.54, 1.807) is 12.3 Å². The lowest BCUT2D eigenvalue weighted by molar-refractivity contribution is 0.628. The quantitative estimate of drug-likeness (QED) is 0.672. The molecule has 5 heteroatoms. The highest BCUT2D eigenvalue weighted by atomic mass is 35.5. The number of hydrogen-bond acceptors (Lipinski definition) is 2. The molecular weight excluding hydrogens is 253 g/mol. The number of benzene rings is 1. The van der Waals surface area contributed by atoms with E-state index in [9.17, 15) is 4.39 Å². The Morgan fingerprint density at radius 2 is 2.11 bits per heavy atom. The predicted molar refractivity (Wildman–Crippen MR) is 68.9 cm³/mol. The minimum Gasteiger partial charge on any atom is -0.334 e. The Hall–Kier alpha value is -1.94. The van der Waals surface area contributed by atoms with Crippen LogP contribution in [0.5, 0.6) is 0 Å². The fraction of sp³-hybridized carbons (Fsp3) is 0.0769. The lowest BCUT2D eigenvalue weighted by atomic mass is 10.1. The molecule has 1 aromatic carbocycles. The van der Waals surface area contributed by atoms with Crippen LogP contribution in [0.1, 0.15) is 0 Å². The Labute approximate surface area is 108 Å². The van der Waals surface area contributed by atoms with Crippen LogP contribution in [0.15, 0.2) is 36.7 Å². The predicted octanol–water partition coefficient (Wildman–Crippen LogP) is 3.43. The maximum Gasteiger partial charge on any atom is 0.158 e. The molecule has 0 fully saturated rings. The van der Waals surface area contributed by atoms with Crippen LogP contribution in [-0.2, 0) is 7.05 Å². The zero-order valence-corrected chi connectivity index (χ0v) is 10.3. The van der Waals surface area contributed by atoms with Gasteiger partial charge in [0.2, 0.25) is 0 Å². The highest BCUT2D eigenvalue weighted by Crippen LogP contribution is 2.27. The van der Waals surface area contributed by atoms with Crippen LogP contribution in [0.4, 0.5) is 4.39 Å². The molecule has 2 heterocycles. The fourth-order valence-corrected chi connectivity index (χ4v) is 2.12. The minimum absolute atomic E-state index is 0.333. The first kappa shape index (κ1) is 11.2. The van der Waals surface area contributed by atoms with Crippen molar-refractivity contribution >= 4 is 22.8 Å². The van der Waals surface area contributed by atoms with Gasteiger partial charge in [-0.05, 0) is 24.3 Å². The summed E-state index contributed by atoms with van der Waals surface area (Å²) in [5.41, 5.74) is 2.90. The molecule has 3 rings (SSSR count). The summed E-state index contributed by atoms with van der Waals surface area (Å²) in [6, 6.07) is 6.12. The van der Waals surface area contributed by atoms with Gasteiger partial charge >= 0.3 is 0 Å². The summed E-state index contributed by atoms with van der Waals surface area (Å²) < 4.78 is 14.9. The van der Waals surface area contributed by atoms with Gasteiger partial charge in [-0.15, -0.1) is 0 Å². The van der Waals surface area contributed by atoms with Gasteiger partial charge in [0.05, 0.1) is 16.9 Å². The van der Waals surface area contributed by atoms with Gasteiger partial charge in [0.25, 0.3) is 0 Å². The number of fused-ring (bicyclic) bond motifs is 1. The summed E-state index contributed by atoms with van der Waals surface area (Å²) >= 11 is 6.01. The van der Waals surface area contributed by atoms with Crippen LogP contribution < -0.4 is 0 Å². The largest absolute Gasteiger partial charge is 0.334 e. The van der Waals surface area contributed by atoms with Crippen LogP contribution >= 0.6 is 11.6 Å². The summed E-state index contributed by atoms with van der Waals surface area (Å²) in [6.45, 7) is 0. The lowest BCUT2D eigenvalue weighted by Crippen LogP contribution is -1.92. The van der Waals surface area contributed by atoms with Gasteiger partial charge in [-0.2, -0.15) is 0 Å². The van der Waals surface area contributed by atoms with Crippen molar-refractivity contribution in [1.29, 1.82) is 0 Å². The van der Waals surface area contributed by atoms with Crippen molar-refractivity contribution < 1.29 is 4.39 Å². The van der Waals surface area contributed by atoms with E-state index in [0.29, 0.717) is 16.3 Å². The second-order valence-electron chi connectivity index (χ2n) is 4.01. The molecule has 0 amide bonds. The number of aryl methyl sites for hydroxylation is 1. The summed E-state index contributed by atoms with van der Waals surface area (Å²) in [4.78, 5) is 8.80. The first-order valence-electron chi connectivity index (χ1n) is 5.38. The van der Waals surface area contributed by atoms with Gasteiger partial charge in [-0.3, -0.25) is 0 Å². The third-order valence-corrected chi connectivity index (χ3v) is 3.09. The van der Waals surface area contributed by atoms with E-state index in [2.05, 4.69) is 9.97 Å². The van der Waals surface area contributed by atoms with Crippen molar-refractivity contribution in [2.45, 2.75) is 0 Å². The van der Waals surface area contributed by atoms with E-state index in [4.69, 9.17) is 11.6 Å². The van der Waals surface area contributed by atoms with E-state index in [1.807, 2.05) is 23.9 Å². The second kappa shape index (κ2) is 4.07. The van der Waals surface area contributed by atoms with Gasteiger partial charge in [-0.1, -0.05) is 11.6 Å². The minimum atomic E-state index is -0.363. The number of halogens is 2. The Morgan fingerprint density at radius 3 is 2.89 bits per heavy atom. The number of hydrogen-bond donors (Lipinski definition) is 0. The lowest BCUT2D eigenvalue weighted by Gasteiger charge is -2.04. The molecule has 0 atom stereocenters. The molecule has 2 aromatic heterocycles. The van der Waals surface area contributed by atoms with Crippen LogP contribution in [0.2, 0.25) is 5.02 Å². The molecule has 0 aliphatic rings. The Bertz CT molecular complexity index is 736. The normalized spacial score (nSPS) is 11.1. The van der Waals surface area contributed by atoms with Crippen LogP contribution in [0.3, 0.4) is 0 Å². The summed E-state index contributed by atoms with van der Waals surface area (Å²) in [6.07, 6.45) is 3.53. The van der Waals surface area contributed by atoms with Crippen molar-refractivity contribution in [2.24, 2.45) is 7.05 Å². The molecule has 0 N–H and O–H groups in total. The maximum absolute atomic E-state index is 13.0. The first-order valence-corrected chi connectivity index (χ1v) is 5.76. The van der Waals surface area contributed by atoms with Crippen molar-refractivity contribution in [3.05, 3.63) is 47.5 Å². The monoisotopic (exact) mass is 261 g/mol. The third kappa shape index (κ3) is 1.75. The Balaban J connectivity index is 2.19. The third-order valence-electron chi connectivity index (χ3n) is 2.78. The topological polar surface area (TPSA) is 30.7 Å². The molecule has 0 spiro atoms. The molecule has 0 unspecified atom stereocenters. The Kier molecular flexibility index (Phi) is 2.52. The van der Waals surface area contributed by atoms with Gasteiger partial charge in [0, 0.05) is 18.8 Å². The highest BCUT2D eigenvalue weighted by Gasteiger charge is 2.09. The highest BCUT2D eigenvalue weighted by molar-refractivity contribution is 6.33. The second-order valence-corrected chi connectivity index (χ2v) is 4.42. The molecule has 0 bridgehead atoms. The van der Waals surface area contributed by atoms with Crippen molar-refractivity contribution in [3.8, 4) is 11.3 Å². The van der Waals surface area contributed by atoms with E-state index in [1.165, 1.54) is 12.1 Å². The number of aromatic nitrogens is 3. The molecule has 0 aliphatic heterocycles. The average molecular weight is 262 g/mol. The molecule has 0 saturated carbocycles. The zero-order chi connectivity index (χ0) is 12.7. The van der Waals surface area contributed by atoms with Gasteiger partial charge in [-0.25, -0.2) is 14.4 Å². The molecule has 18 heavy (non-hydrogen) atoms. The molecule has 90 valence electrons. The molecule has 3 nitrogen and oxygen atoms in total. The molecule has 0 saturated heterocycles. The molecular formula is C13H9ClFN3. The zero-order valence-electron chi connectivity index (χ0n) is 9.56. The molecule has 0 radical (unpaired) electrons. The van der Waals surface area contributed by atoms with Crippen molar-refractivity contribution in [3.63, 3.8) is 0 Å². The smallest absolute Gasteiger partial charge is 0.158 e. The van der Waals surface area contributed by atoms with Crippen LogP contribution in [0.25, 0.3) is 22.4 Å². The average Bonchev–Trinajstić information content (AvgIpc) is 2.71.